The average Bonchev–Trinajstić information content (AvgIpc) is 2.77. The lowest BCUT2D eigenvalue weighted by atomic mass is 9.81. The van der Waals surface area contributed by atoms with Crippen molar-refractivity contribution in [1.82, 2.24) is 5.32 Å². The summed E-state index contributed by atoms with van der Waals surface area (Å²) >= 11 is 0. The van der Waals surface area contributed by atoms with Crippen molar-refractivity contribution in [1.29, 1.82) is 0 Å². The molecule has 1 aliphatic rings. The van der Waals surface area contributed by atoms with Gasteiger partial charge in [-0.05, 0) is 42.8 Å². The van der Waals surface area contributed by atoms with Gasteiger partial charge in [0.1, 0.15) is 5.75 Å². The third-order valence-corrected chi connectivity index (χ3v) is 5.50. The summed E-state index contributed by atoms with van der Waals surface area (Å²) in [6, 6.07) is 14.7. The Morgan fingerprint density at radius 1 is 1.07 bits per heavy atom. The number of methoxy groups -OCH3 is 1. The highest BCUT2D eigenvalue weighted by atomic mass is 16.5. The van der Waals surface area contributed by atoms with Crippen molar-refractivity contribution in [3.63, 3.8) is 0 Å². The number of carboxylic acids is 1. The molecule has 0 bridgehead atoms. The lowest BCUT2D eigenvalue weighted by Gasteiger charge is -2.31. The molecule has 0 unspecified atom stereocenters. The smallest absolute Gasteiger partial charge is 0.328 e. The summed E-state index contributed by atoms with van der Waals surface area (Å²) in [5, 5.41) is 12.8. The number of piperidine rings is 1. The summed E-state index contributed by atoms with van der Waals surface area (Å²) in [5.41, 5.74) is 2.36. The fraction of sp³-hybridized carbons (Fsp3) is 0.364. The van der Waals surface area contributed by atoms with Crippen LogP contribution in [-0.2, 0) is 4.79 Å². The number of benzene rings is 2. The Labute approximate surface area is 170 Å². The molecule has 2 N–H and O–H groups in total. The average molecular weight is 397 g/mol. The van der Waals surface area contributed by atoms with Crippen molar-refractivity contribution in [3.05, 3.63) is 54.1 Å². The molecule has 2 aromatic carbocycles. The number of ether oxygens (including phenoxy) is 1. The van der Waals surface area contributed by atoms with E-state index >= 15 is 0 Å². The maximum absolute atomic E-state index is 13.0. The lowest BCUT2D eigenvalue weighted by molar-refractivity contribution is -0.143. The van der Waals surface area contributed by atoms with Crippen molar-refractivity contribution >= 4 is 23.4 Å². The van der Waals surface area contributed by atoms with Crippen LogP contribution in [0.1, 0.15) is 17.9 Å². The van der Waals surface area contributed by atoms with Gasteiger partial charge < -0.3 is 15.2 Å². The molecule has 1 aliphatic heterocycles. The van der Waals surface area contributed by atoms with E-state index in [1.807, 2.05) is 42.5 Å². The van der Waals surface area contributed by atoms with Crippen LogP contribution in [0.3, 0.4) is 0 Å². The second-order valence-corrected chi connectivity index (χ2v) is 7.24. The molecule has 0 radical (unpaired) electrons. The van der Waals surface area contributed by atoms with Crippen molar-refractivity contribution in [2.75, 3.05) is 44.1 Å². The van der Waals surface area contributed by atoms with Gasteiger partial charge in [0.2, 0.25) is 0 Å². The minimum Gasteiger partial charge on any atom is -0.497 e. The van der Waals surface area contributed by atoms with E-state index in [1.165, 1.54) is 0 Å². The zero-order valence-electron chi connectivity index (χ0n) is 17.0. The highest BCUT2D eigenvalue weighted by Crippen LogP contribution is 2.32. The van der Waals surface area contributed by atoms with E-state index in [9.17, 15) is 14.7 Å². The summed E-state index contributed by atoms with van der Waals surface area (Å²) in [7, 11) is 5.01. The van der Waals surface area contributed by atoms with E-state index in [4.69, 9.17) is 4.74 Å². The lowest BCUT2D eigenvalue weighted by Crippen LogP contribution is -2.40. The first-order valence-electron chi connectivity index (χ1n) is 9.61. The molecule has 2 amide bonds. The summed E-state index contributed by atoms with van der Waals surface area (Å²) < 4.78 is 5.24. The van der Waals surface area contributed by atoms with Gasteiger partial charge in [0, 0.05) is 44.0 Å². The molecular weight excluding hydrogens is 370 g/mol. The first kappa shape index (κ1) is 20.7. The Hall–Kier alpha value is -3.06. The van der Waals surface area contributed by atoms with Crippen LogP contribution in [0.5, 0.6) is 5.75 Å². The number of urea groups is 1. The van der Waals surface area contributed by atoms with Crippen molar-refractivity contribution in [2.24, 2.45) is 5.92 Å². The van der Waals surface area contributed by atoms with Gasteiger partial charge in [-0.15, -0.1) is 0 Å². The summed E-state index contributed by atoms with van der Waals surface area (Å²) in [5.74, 6) is -0.645. The van der Waals surface area contributed by atoms with Gasteiger partial charge in [-0.1, -0.05) is 18.2 Å². The van der Waals surface area contributed by atoms with E-state index in [-0.39, 0.29) is 11.9 Å². The molecule has 2 aromatic rings. The fourth-order valence-corrected chi connectivity index (χ4v) is 3.73. The highest BCUT2D eigenvalue weighted by Gasteiger charge is 2.32. The van der Waals surface area contributed by atoms with Crippen LogP contribution in [0.2, 0.25) is 0 Å². The minimum atomic E-state index is -0.774. The Bertz CT molecular complexity index is 886. The molecule has 1 heterocycles. The molecule has 0 aromatic heterocycles. The van der Waals surface area contributed by atoms with Gasteiger partial charge in [-0.3, -0.25) is 14.6 Å². The molecule has 154 valence electrons. The summed E-state index contributed by atoms with van der Waals surface area (Å²) in [6.07, 6.45) is 0.595. The molecule has 3 rings (SSSR count). The Balaban J connectivity index is 1.82. The Kier molecular flexibility index (Phi) is 6.39. The number of nitrogens with zero attached hydrogens (tertiary/aromatic N) is 2. The van der Waals surface area contributed by atoms with Gasteiger partial charge in [-0.25, -0.2) is 4.79 Å². The fourth-order valence-electron chi connectivity index (χ4n) is 3.73. The molecule has 1 fully saturated rings. The van der Waals surface area contributed by atoms with E-state index in [1.54, 1.807) is 37.1 Å². The van der Waals surface area contributed by atoms with Crippen LogP contribution in [0.25, 0.3) is 0 Å². The maximum Gasteiger partial charge on any atom is 0.328 e. The number of aliphatic carboxylic acids is 1. The van der Waals surface area contributed by atoms with Gasteiger partial charge >= 0.3 is 12.0 Å². The predicted molar refractivity (Wildman–Crippen MR) is 113 cm³/mol. The monoisotopic (exact) mass is 397 g/mol. The first-order valence-corrected chi connectivity index (χ1v) is 9.61. The number of amides is 2. The highest BCUT2D eigenvalue weighted by molar-refractivity contribution is 6.03. The van der Waals surface area contributed by atoms with Gasteiger partial charge in [0.15, 0.2) is 0 Å². The number of carbonyl (C=O) groups excluding carboxylic acids is 1. The normalized spacial score (nSPS) is 18.7. The standard InChI is InChI=1S/C22H27N3O4/c1-24(22(28)25(2)17-8-5-9-18(13-17)29-3)16-7-4-6-15(12-16)20-14-23-11-10-19(20)21(26)27/h4-9,12-13,19-20,23H,10-11,14H2,1-3H3,(H,26,27)/t19-,20+/m1/s1. The Morgan fingerprint density at radius 2 is 1.72 bits per heavy atom. The molecule has 0 aliphatic carbocycles. The van der Waals surface area contributed by atoms with Gasteiger partial charge in [0.05, 0.1) is 13.0 Å². The molecule has 7 heteroatoms. The van der Waals surface area contributed by atoms with Crippen LogP contribution in [-0.4, -0.2) is 51.4 Å². The zero-order chi connectivity index (χ0) is 21.0. The number of carbonyl (C=O) groups is 2. The number of anilines is 2. The quantitative estimate of drug-likeness (QED) is 0.810. The molecular formula is C22H27N3O4. The first-order chi connectivity index (χ1) is 13.9. The van der Waals surface area contributed by atoms with Crippen LogP contribution in [0.4, 0.5) is 16.2 Å². The van der Waals surface area contributed by atoms with E-state index < -0.39 is 11.9 Å². The second kappa shape index (κ2) is 8.96. The zero-order valence-corrected chi connectivity index (χ0v) is 17.0. The van der Waals surface area contributed by atoms with Crippen molar-refractivity contribution in [3.8, 4) is 5.75 Å². The predicted octanol–water partition coefficient (Wildman–Crippen LogP) is 3.17. The number of rotatable bonds is 5. The van der Waals surface area contributed by atoms with Crippen LogP contribution in [0, 0.1) is 5.92 Å². The SMILES string of the molecule is COc1cccc(N(C)C(=O)N(C)c2cccc([C@@H]3CNCC[C@H]3C(=O)O)c2)c1. The molecule has 0 saturated carbocycles. The van der Waals surface area contributed by atoms with Crippen LogP contribution in [0.15, 0.2) is 48.5 Å². The maximum atomic E-state index is 13.0. The third kappa shape index (κ3) is 4.51. The number of hydrogen-bond acceptors (Lipinski definition) is 4. The van der Waals surface area contributed by atoms with Crippen molar-refractivity contribution in [2.45, 2.75) is 12.3 Å². The number of hydrogen-bond donors (Lipinski definition) is 2. The van der Waals surface area contributed by atoms with Gasteiger partial charge in [-0.2, -0.15) is 0 Å². The molecule has 0 spiro atoms. The van der Waals surface area contributed by atoms with Gasteiger partial charge in [0.25, 0.3) is 0 Å². The topological polar surface area (TPSA) is 82.1 Å². The molecule has 1 saturated heterocycles. The number of carboxylic acid groups (broad SMARTS) is 1. The number of nitrogens with one attached hydrogen (secondary N) is 1. The van der Waals surface area contributed by atoms with E-state index in [0.29, 0.717) is 25.3 Å². The van der Waals surface area contributed by atoms with Crippen LogP contribution < -0.4 is 19.9 Å². The largest absolute Gasteiger partial charge is 0.497 e. The summed E-state index contributed by atoms with van der Waals surface area (Å²) in [4.78, 5) is 27.8. The van der Waals surface area contributed by atoms with Crippen molar-refractivity contribution < 1.29 is 19.4 Å². The van der Waals surface area contributed by atoms with Crippen LogP contribution >= 0.6 is 0 Å². The Morgan fingerprint density at radius 3 is 2.38 bits per heavy atom. The van der Waals surface area contributed by atoms with E-state index in [0.717, 1.165) is 16.9 Å². The minimum absolute atomic E-state index is 0.124. The second-order valence-electron chi connectivity index (χ2n) is 7.24. The van der Waals surface area contributed by atoms with E-state index in [2.05, 4.69) is 5.32 Å². The summed E-state index contributed by atoms with van der Waals surface area (Å²) in [6.45, 7) is 1.32. The molecule has 29 heavy (non-hydrogen) atoms. The third-order valence-electron chi connectivity index (χ3n) is 5.50. The molecule has 2 atom stereocenters. The molecule has 7 nitrogen and oxygen atoms in total.